The average molecular weight is 444 g/mol. The molecule has 0 unspecified atom stereocenters. The van der Waals surface area contributed by atoms with Crippen molar-refractivity contribution in [2.75, 3.05) is 12.5 Å². The van der Waals surface area contributed by atoms with Gasteiger partial charge in [-0.3, -0.25) is 5.43 Å². The molecule has 0 saturated heterocycles. The number of thiazole rings is 1. The SMILES string of the molecule is COc1cc(-c2c/c(=N\Nc3nc4ccccc4s3)c3cc(C)c(C)cc3o2)ccc1O. The molecule has 2 heterocycles. The molecule has 5 aromatic rings. The maximum atomic E-state index is 9.96. The molecule has 0 spiro atoms. The number of ether oxygens (including phenoxy) is 1. The van der Waals surface area contributed by atoms with E-state index in [1.807, 2.05) is 36.4 Å². The van der Waals surface area contributed by atoms with Gasteiger partial charge >= 0.3 is 0 Å². The van der Waals surface area contributed by atoms with Crippen LogP contribution in [0.1, 0.15) is 11.1 Å². The number of aromatic nitrogens is 1. The summed E-state index contributed by atoms with van der Waals surface area (Å²) in [5.41, 5.74) is 7.84. The molecule has 7 heteroatoms. The fraction of sp³-hybridized carbons (Fsp3) is 0.120. The van der Waals surface area contributed by atoms with Gasteiger partial charge in [0.1, 0.15) is 11.3 Å². The molecule has 0 aliphatic carbocycles. The second-order valence-corrected chi connectivity index (χ2v) is 8.56. The zero-order chi connectivity index (χ0) is 22.2. The van der Waals surface area contributed by atoms with Gasteiger partial charge in [-0.05, 0) is 67.4 Å². The Balaban J connectivity index is 1.67. The second-order valence-electron chi connectivity index (χ2n) is 7.53. The summed E-state index contributed by atoms with van der Waals surface area (Å²) in [6.45, 7) is 4.12. The van der Waals surface area contributed by atoms with Crippen molar-refractivity contribution in [3.63, 3.8) is 0 Å². The number of hydrogen-bond donors (Lipinski definition) is 2. The lowest BCUT2D eigenvalue weighted by molar-refractivity contribution is 0.373. The van der Waals surface area contributed by atoms with E-state index in [-0.39, 0.29) is 5.75 Å². The van der Waals surface area contributed by atoms with Crippen LogP contribution in [-0.4, -0.2) is 17.2 Å². The third-order valence-corrected chi connectivity index (χ3v) is 6.33. The minimum absolute atomic E-state index is 0.0749. The van der Waals surface area contributed by atoms with Gasteiger partial charge in [0.2, 0.25) is 5.13 Å². The first-order valence-corrected chi connectivity index (χ1v) is 10.9. The summed E-state index contributed by atoms with van der Waals surface area (Å²) < 4.78 is 12.6. The molecule has 3 aromatic carbocycles. The van der Waals surface area contributed by atoms with E-state index >= 15 is 0 Å². The van der Waals surface area contributed by atoms with E-state index in [0.717, 1.165) is 48.4 Å². The van der Waals surface area contributed by atoms with Gasteiger partial charge < -0.3 is 14.3 Å². The van der Waals surface area contributed by atoms with Gasteiger partial charge in [-0.15, -0.1) is 0 Å². The molecular weight excluding hydrogens is 422 g/mol. The molecule has 160 valence electrons. The van der Waals surface area contributed by atoms with Crippen molar-refractivity contribution >= 4 is 37.7 Å². The minimum Gasteiger partial charge on any atom is -0.504 e. The van der Waals surface area contributed by atoms with Crippen LogP contribution < -0.4 is 15.5 Å². The number of benzene rings is 3. The van der Waals surface area contributed by atoms with Crippen LogP contribution in [0.15, 0.2) is 70.2 Å². The van der Waals surface area contributed by atoms with E-state index in [9.17, 15) is 5.11 Å². The van der Waals surface area contributed by atoms with Gasteiger partial charge in [-0.1, -0.05) is 23.5 Å². The Kier molecular flexibility index (Phi) is 5.03. The highest BCUT2D eigenvalue weighted by molar-refractivity contribution is 7.22. The van der Waals surface area contributed by atoms with Gasteiger partial charge in [0.05, 0.1) is 22.7 Å². The maximum Gasteiger partial charge on any atom is 0.204 e. The number of nitrogens with one attached hydrogen (secondary N) is 1. The van der Waals surface area contributed by atoms with Crippen molar-refractivity contribution in [3.05, 3.63) is 77.1 Å². The van der Waals surface area contributed by atoms with E-state index in [1.54, 1.807) is 29.5 Å². The van der Waals surface area contributed by atoms with Crippen LogP contribution >= 0.6 is 11.3 Å². The lowest BCUT2D eigenvalue weighted by Crippen LogP contribution is -2.08. The molecular formula is C25H21N3O3S. The number of rotatable bonds is 4. The largest absolute Gasteiger partial charge is 0.504 e. The number of aromatic hydroxyl groups is 1. The maximum absolute atomic E-state index is 9.96. The van der Waals surface area contributed by atoms with Crippen LogP contribution in [0.5, 0.6) is 11.5 Å². The Morgan fingerprint density at radius 1 is 1.03 bits per heavy atom. The Bertz CT molecular complexity index is 1500. The molecule has 0 saturated carbocycles. The molecule has 6 nitrogen and oxygen atoms in total. The monoisotopic (exact) mass is 443 g/mol. The molecule has 32 heavy (non-hydrogen) atoms. The summed E-state index contributed by atoms with van der Waals surface area (Å²) in [5, 5.41) is 17.0. The summed E-state index contributed by atoms with van der Waals surface area (Å²) in [5.74, 6) is 1.07. The molecule has 0 fully saturated rings. The number of phenolic OH excluding ortho intramolecular Hbond substituents is 1. The smallest absolute Gasteiger partial charge is 0.204 e. The van der Waals surface area contributed by atoms with Crippen molar-refractivity contribution in [2.24, 2.45) is 5.10 Å². The standard InChI is InChI=1S/C25H21N3O3S/c1-14-10-17-19(27-28-25-26-18-6-4-5-7-24(18)32-25)13-21(31-22(17)11-15(14)2)16-8-9-20(29)23(12-16)30-3/h4-13,29H,1-3H3,(H,26,28)/b27-19+. The quantitative estimate of drug-likeness (QED) is 0.335. The predicted molar refractivity (Wildman–Crippen MR) is 128 cm³/mol. The van der Waals surface area contributed by atoms with Crippen LogP contribution in [0, 0.1) is 13.8 Å². The number of phenols is 1. The minimum atomic E-state index is 0.0749. The van der Waals surface area contributed by atoms with Gasteiger partial charge in [0.15, 0.2) is 11.5 Å². The summed E-state index contributed by atoms with van der Waals surface area (Å²) in [4.78, 5) is 4.60. The average Bonchev–Trinajstić information content (AvgIpc) is 3.21. The Morgan fingerprint density at radius 2 is 1.84 bits per heavy atom. The molecule has 0 radical (unpaired) electrons. The predicted octanol–water partition coefficient (Wildman–Crippen LogP) is 5.97. The van der Waals surface area contributed by atoms with Gasteiger partial charge in [-0.25, -0.2) is 4.98 Å². The summed E-state index contributed by atoms with van der Waals surface area (Å²) in [7, 11) is 1.52. The van der Waals surface area contributed by atoms with Gasteiger partial charge in [-0.2, -0.15) is 5.10 Å². The highest BCUT2D eigenvalue weighted by atomic mass is 32.1. The number of para-hydroxylation sites is 1. The number of aryl methyl sites for hydroxylation is 2. The summed E-state index contributed by atoms with van der Waals surface area (Å²) >= 11 is 1.55. The van der Waals surface area contributed by atoms with Crippen LogP contribution in [0.3, 0.4) is 0 Å². The lowest BCUT2D eigenvalue weighted by atomic mass is 10.1. The molecule has 0 bridgehead atoms. The summed E-state index contributed by atoms with van der Waals surface area (Å²) in [6, 6.07) is 19.1. The van der Waals surface area contributed by atoms with E-state index in [0.29, 0.717) is 11.5 Å². The fourth-order valence-electron chi connectivity index (χ4n) is 3.52. The molecule has 0 atom stereocenters. The number of hydrogen-bond acceptors (Lipinski definition) is 7. The first kappa shape index (κ1) is 20.1. The van der Waals surface area contributed by atoms with Crippen LogP contribution in [0.2, 0.25) is 0 Å². The second kappa shape index (κ2) is 8.01. The molecule has 0 amide bonds. The van der Waals surface area contributed by atoms with Crippen molar-refractivity contribution in [1.29, 1.82) is 0 Å². The lowest BCUT2D eigenvalue weighted by Gasteiger charge is -2.09. The molecule has 5 rings (SSSR count). The van der Waals surface area contributed by atoms with Crippen LogP contribution in [-0.2, 0) is 0 Å². The van der Waals surface area contributed by atoms with E-state index in [2.05, 4.69) is 35.4 Å². The van der Waals surface area contributed by atoms with Crippen molar-refractivity contribution in [1.82, 2.24) is 4.98 Å². The number of fused-ring (bicyclic) bond motifs is 2. The Hall–Kier alpha value is -3.84. The van der Waals surface area contributed by atoms with E-state index in [4.69, 9.17) is 9.15 Å². The van der Waals surface area contributed by atoms with Crippen molar-refractivity contribution in [2.45, 2.75) is 13.8 Å². The van der Waals surface area contributed by atoms with Crippen LogP contribution in [0.4, 0.5) is 5.13 Å². The third kappa shape index (κ3) is 3.67. The molecule has 2 aromatic heterocycles. The molecule has 0 aliphatic heterocycles. The molecule has 0 aliphatic rings. The topological polar surface area (TPSA) is 79.9 Å². The number of nitrogens with zero attached hydrogens (tertiary/aromatic N) is 2. The number of methoxy groups -OCH3 is 1. The first-order valence-electron chi connectivity index (χ1n) is 10.1. The third-order valence-electron chi connectivity index (χ3n) is 5.39. The normalized spacial score (nSPS) is 11.9. The zero-order valence-electron chi connectivity index (χ0n) is 17.8. The van der Waals surface area contributed by atoms with Crippen molar-refractivity contribution in [3.8, 4) is 22.8 Å². The zero-order valence-corrected chi connectivity index (χ0v) is 18.7. The Morgan fingerprint density at radius 3 is 2.66 bits per heavy atom. The van der Waals surface area contributed by atoms with E-state index in [1.165, 1.54) is 7.11 Å². The van der Waals surface area contributed by atoms with Crippen molar-refractivity contribution < 1.29 is 14.3 Å². The van der Waals surface area contributed by atoms with Gasteiger partial charge in [0, 0.05) is 17.0 Å². The molecule has 2 N–H and O–H groups in total. The fourth-order valence-corrected chi connectivity index (χ4v) is 4.33. The first-order chi connectivity index (χ1) is 15.5. The highest BCUT2D eigenvalue weighted by Crippen LogP contribution is 2.32. The van der Waals surface area contributed by atoms with E-state index < -0.39 is 0 Å². The highest BCUT2D eigenvalue weighted by Gasteiger charge is 2.11. The van der Waals surface area contributed by atoms with Gasteiger partial charge in [0.25, 0.3) is 0 Å². The van der Waals surface area contributed by atoms with Crippen LogP contribution in [0.25, 0.3) is 32.5 Å². The summed E-state index contributed by atoms with van der Waals surface area (Å²) in [6.07, 6.45) is 0. The number of anilines is 1. The Labute approximate surface area is 188 Å².